The van der Waals surface area contributed by atoms with Crippen LogP contribution in [-0.4, -0.2) is 63.5 Å². The maximum absolute atomic E-state index is 14.1. The van der Waals surface area contributed by atoms with Gasteiger partial charge in [0.25, 0.3) is 5.89 Å². The molecule has 0 saturated carbocycles. The van der Waals surface area contributed by atoms with Crippen molar-refractivity contribution in [2.45, 2.75) is 71.7 Å². The molecule has 45 heavy (non-hydrogen) atoms. The summed E-state index contributed by atoms with van der Waals surface area (Å²) in [6.07, 6.45) is -0.207. The van der Waals surface area contributed by atoms with Crippen molar-refractivity contribution in [3.05, 3.63) is 83.1 Å². The first-order valence-electron chi connectivity index (χ1n) is 14.8. The fraction of sp³-hybridized carbons (Fsp3) is 0.438. The van der Waals surface area contributed by atoms with E-state index in [1.54, 1.807) is 27.7 Å². The summed E-state index contributed by atoms with van der Waals surface area (Å²) in [5, 5.41) is 12.9. The third-order valence-corrected chi connectivity index (χ3v) is 7.57. The van der Waals surface area contributed by atoms with E-state index < -0.39 is 65.3 Å². The predicted octanol–water partition coefficient (Wildman–Crippen LogP) is 4.20. The van der Waals surface area contributed by atoms with Crippen LogP contribution in [0.1, 0.15) is 68.2 Å². The number of Topliss-reactive ketones (excluding diaryl/α,β-unsaturated/α-hetero) is 1. The molecule has 1 aliphatic heterocycles. The molecule has 3 atom stereocenters. The first kappa shape index (κ1) is 33.2. The number of hydrogen-bond donors (Lipinski definition) is 2. The lowest BCUT2D eigenvalue weighted by molar-refractivity contribution is -0.141. The van der Waals surface area contributed by atoms with Crippen LogP contribution >= 0.6 is 0 Å². The van der Waals surface area contributed by atoms with Gasteiger partial charge in [0.2, 0.25) is 23.5 Å². The monoisotopic (exact) mass is 625 g/mol. The maximum Gasteiger partial charge on any atom is 0.408 e. The van der Waals surface area contributed by atoms with Crippen molar-refractivity contribution in [1.29, 1.82) is 0 Å². The van der Waals surface area contributed by atoms with E-state index in [9.17, 15) is 28.0 Å². The van der Waals surface area contributed by atoms with E-state index in [0.29, 0.717) is 19.4 Å². The van der Waals surface area contributed by atoms with Crippen molar-refractivity contribution in [3.8, 4) is 0 Å². The number of alkyl carbamates (subject to hydrolysis) is 1. The van der Waals surface area contributed by atoms with E-state index >= 15 is 0 Å². The number of rotatable bonds is 12. The van der Waals surface area contributed by atoms with Gasteiger partial charge in [-0.2, -0.15) is 0 Å². The Balaban J connectivity index is 1.41. The summed E-state index contributed by atoms with van der Waals surface area (Å²) >= 11 is 0. The molecule has 2 heterocycles. The molecule has 2 aromatic carbocycles. The van der Waals surface area contributed by atoms with Gasteiger partial charge in [0.15, 0.2) is 0 Å². The molecule has 0 aliphatic carbocycles. The van der Waals surface area contributed by atoms with E-state index in [1.807, 2.05) is 30.3 Å². The lowest BCUT2D eigenvalue weighted by Crippen LogP contribution is -2.57. The zero-order chi connectivity index (χ0) is 32.7. The molecule has 1 fully saturated rings. The summed E-state index contributed by atoms with van der Waals surface area (Å²) in [7, 11) is 0. The highest BCUT2D eigenvalue weighted by atomic mass is 19.1. The van der Waals surface area contributed by atoms with Crippen LogP contribution in [-0.2, 0) is 27.4 Å². The number of hydrogen-bond acceptors (Lipinski definition) is 8. The van der Waals surface area contributed by atoms with E-state index in [2.05, 4.69) is 20.8 Å². The highest BCUT2D eigenvalue weighted by molar-refractivity contribution is 6.00. The Kier molecular flexibility index (Phi) is 11.0. The van der Waals surface area contributed by atoms with E-state index in [1.165, 1.54) is 11.0 Å². The van der Waals surface area contributed by atoms with Crippen molar-refractivity contribution in [3.63, 3.8) is 0 Å². The minimum atomic E-state index is -1.08. The number of carbonyl (C=O) groups is 4. The summed E-state index contributed by atoms with van der Waals surface area (Å²) in [6.45, 7) is 7.31. The smallest absolute Gasteiger partial charge is 0.408 e. The molecule has 0 spiro atoms. The number of likely N-dealkylation sites (tertiary alicyclic amines) is 1. The number of ketones is 1. The second-order valence-electron chi connectivity index (χ2n) is 11.6. The number of halogens is 2. The number of benzene rings is 2. The SMILES string of the molecule is CC(C)[C@H](NC(=O)OCc1ccccc1)C(=O)N1CCC[C@H]1C(=O)N[C@@H](C(=O)c1nnc(Cc2c(F)cccc2F)o1)C(C)C. The predicted molar refractivity (Wildman–Crippen MR) is 158 cm³/mol. The Morgan fingerprint density at radius 2 is 1.60 bits per heavy atom. The highest BCUT2D eigenvalue weighted by Gasteiger charge is 2.40. The lowest BCUT2D eigenvalue weighted by Gasteiger charge is -2.31. The Morgan fingerprint density at radius 1 is 0.933 bits per heavy atom. The molecule has 13 heteroatoms. The van der Waals surface area contributed by atoms with Gasteiger partial charge in [0, 0.05) is 12.1 Å². The number of aromatic nitrogens is 2. The van der Waals surface area contributed by atoms with Gasteiger partial charge in [-0.15, -0.1) is 10.2 Å². The molecular formula is C32H37F2N5O6. The first-order chi connectivity index (χ1) is 21.5. The number of amides is 3. The van der Waals surface area contributed by atoms with Gasteiger partial charge in [-0.1, -0.05) is 64.1 Å². The van der Waals surface area contributed by atoms with Crippen LogP contribution in [0.5, 0.6) is 0 Å². The average Bonchev–Trinajstić information content (AvgIpc) is 3.69. The van der Waals surface area contributed by atoms with Crippen LogP contribution in [0.3, 0.4) is 0 Å². The number of nitrogens with one attached hydrogen (secondary N) is 2. The fourth-order valence-electron chi connectivity index (χ4n) is 5.08. The number of nitrogens with zero attached hydrogens (tertiary/aromatic N) is 3. The molecule has 3 amide bonds. The Bertz CT molecular complexity index is 1490. The van der Waals surface area contributed by atoms with Crippen molar-refractivity contribution in [2.24, 2.45) is 11.8 Å². The molecule has 0 bridgehead atoms. The molecular weight excluding hydrogens is 588 g/mol. The van der Waals surface area contributed by atoms with Gasteiger partial charge in [0.05, 0.1) is 12.5 Å². The van der Waals surface area contributed by atoms with E-state index in [0.717, 1.165) is 17.7 Å². The Hall–Kier alpha value is -4.68. The minimum Gasteiger partial charge on any atom is -0.445 e. The quantitative estimate of drug-likeness (QED) is 0.285. The van der Waals surface area contributed by atoms with Gasteiger partial charge in [0.1, 0.15) is 30.3 Å². The van der Waals surface area contributed by atoms with Crippen molar-refractivity contribution in [2.75, 3.05) is 6.54 Å². The summed E-state index contributed by atoms with van der Waals surface area (Å²) in [5.74, 6) is -4.53. The van der Waals surface area contributed by atoms with Crippen LogP contribution < -0.4 is 10.6 Å². The van der Waals surface area contributed by atoms with E-state index in [4.69, 9.17) is 9.15 Å². The van der Waals surface area contributed by atoms with E-state index in [-0.39, 0.29) is 30.4 Å². The highest BCUT2D eigenvalue weighted by Crippen LogP contribution is 2.22. The van der Waals surface area contributed by atoms with Crippen molar-refractivity contribution >= 4 is 23.7 Å². The van der Waals surface area contributed by atoms with Crippen LogP contribution in [0.2, 0.25) is 0 Å². The van der Waals surface area contributed by atoms with Gasteiger partial charge in [-0.25, -0.2) is 13.6 Å². The molecule has 240 valence electrons. The minimum absolute atomic E-state index is 0.0343. The van der Waals surface area contributed by atoms with Gasteiger partial charge < -0.3 is 24.7 Å². The molecule has 1 aromatic heterocycles. The largest absolute Gasteiger partial charge is 0.445 e. The fourth-order valence-corrected chi connectivity index (χ4v) is 5.08. The van der Waals surface area contributed by atoms with Crippen molar-refractivity contribution < 1.29 is 37.1 Å². The molecule has 0 unspecified atom stereocenters. The zero-order valence-electron chi connectivity index (χ0n) is 25.6. The maximum atomic E-state index is 14.1. The topological polar surface area (TPSA) is 144 Å². The third kappa shape index (κ3) is 8.28. The second-order valence-corrected chi connectivity index (χ2v) is 11.6. The van der Waals surface area contributed by atoms with Gasteiger partial charge in [-0.05, 0) is 42.4 Å². The number of carbonyl (C=O) groups excluding carboxylic acids is 4. The zero-order valence-corrected chi connectivity index (χ0v) is 25.6. The normalized spacial score (nSPS) is 16.0. The standard InChI is InChI=1S/C32H37F2N5O6/c1-18(2)26(28(40)30-38-37-25(45-30)16-21-22(33)12-8-13-23(21)34)35-29(41)24-14-9-15-39(24)31(42)27(19(3)4)36-32(43)44-17-20-10-6-5-7-11-20/h5-8,10-13,18-19,24,26-27H,9,14-17H2,1-4H3,(H,35,41)(H,36,43)/t24-,26+,27-/m0/s1. The number of ether oxygens (including phenoxy) is 1. The summed E-state index contributed by atoms with van der Waals surface area (Å²) in [4.78, 5) is 54.4. The van der Waals surface area contributed by atoms with Gasteiger partial charge >= 0.3 is 6.09 Å². The molecule has 3 aromatic rings. The average molecular weight is 626 g/mol. The van der Waals surface area contributed by atoms with Crippen LogP contribution in [0, 0.1) is 23.5 Å². The molecule has 4 rings (SSSR count). The summed E-state index contributed by atoms with van der Waals surface area (Å²) in [5.41, 5.74) is 0.514. The summed E-state index contributed by atoms with van der Waals surface area (Å²) in [6, 6.07) is 9.63. The van der Waals surface area contributed by atoms with Crippen LogP contribution in [0.15, 0.2) is 52.9 Å². The van der Waals surface area contributed by atoms with Gasteiger partial charge in [-0.3, -0.25) is 14.4 Å². The molecule has 1 saturated heterocycles. The van der Waals surface area contributed by atoms with Crippen LogP contribution in [0.25, 0.3) is 0 Å². The Labute approximate surface area is 259 Å². The third-order valence-electron chi connectivity index (χ3n) is 7.57. The second kappa shape index (κ2) is 14.9. The molecule has 2 N–H and O–H groups in total. The van der Waals surface area contributed by atoms with Crippen molar-refractivity contribution in [1.82, 2.24) is 25.7 Å². The molecule has 1 aliphatic rings. The van der Waals surface area contributed by atoms with Crippen LogP contribution in [0.4, 0.5) is 13.6 Å². The molecule has 11 nitrogen and oxygen atoms in total. The lowest BCUT2D eigenvalue weighted by atomic mass is 9.98. The first-order valence-corrected chi connectivity index (χ1v) is 14.8. The summed E-state index contributed by atoms with van der Waals surface area (Å²) < 4.78 is 38.9. The molecule has 0 radical (unpaired) electrons. The Morgan fingerprint density at radius 3 is 2.24 bits per heavy atom.